The lowest BCUT2D eigenvalue weighted by molar-refractivity contribution is -0.246. The largest absolute Gasteiger partial charge is 0.456 e. The molecule has 156 valence electrons. The molecule has 2 unspecified atom stereocenters. The Kier molecular flexibility index (Phi) is 5.88. The first kappa shape index (κ1) is 20.8. The summed E-state index contributed by atoms with van der Waals surface area (Å²) < 4.78 is 27.3. The molecule has 0 aromatic heterocycles. The van der Waals surface area contributed by atoms with Gasteiger partial charge in [0.05, 0.1) is 5.56 Å². The quantitative estimate of drug-likeness (QED) is 0.530. The summed E-state index contributed by atoms with van der Waals surface area (Å²) in [6.45, 7) is 3.55. The van der Waals surface area contributed by atoms with Crippen molar-refractivity contribution in [3.63, 3.8) is 0 Å². The predicted octanol–water partition coefficient (Wildman–Crippen LogP) is 1.53. The molecule has 3 rings (SSSR count). The van der Waals surface area contributed by atoms with Crippen LogP contribution < -0.4 is 0 Å². The summed E-state index contributed by atoms with van der Waals surface area (Å²) in [7, 11) is 0. The average Bonchev–Trinajstić information content (AvgIpc) is 2.93. The zero-order valence-corrected chi connectivity index (χ0v) is 16.3. The van der Waals surface area contributed by atoms with Gasteiger partial charge in [-0.05, 0) is 25.0 Å². The van der Waals surface area contributed by atoms with Gasteiger partial charge < -0.3 is 23.7 Å². The second kappa shape index (κ2) is 8.20. The number of ether oxygens (including phenoxy) is 5. The maximum Gasteiger partial charge on any atom is 0.338 e. The van der Waals surface area contributed by atoms with Crippen molar-refractivity contribution in [2.75, 3.05) is 0 Å². The lowest BCUT2D eigenvalue weighted by atomic mass is 9.72. The van der Waals surface area contributed by atoms with E-state index >= 15 is 0 Å². The fourth-order valence-electron chi connectivity index (χ4n) is 3.62. The maximum absolute atomic E-state index is 12.5. The number of esters is 4. The molecule has 1 saturated heterocycles. The van der Waals surface area contributed by atoms with Crippen LogP contribution >= 0.6 is 0 Å². The number of carbonyl (C=O) groups is 4. The SMILES string of the molecule is CC(=O)OC1O[C@]2(CC[C@@H]2OC(=O)c2ccccc2)[C@H](OC(C)=O)C1OC(C)=O. The summed E-state index contributed by atoms with van der Waals surface area (Å²) in [5.74, 6) is -2.54. The fourth-order valence-corrected chi connectivity index (χ4v) is 3.62. The molecule has 1 aliphatic heterocycles. The summed E-state index contributed by atoms with van der Waals surface area (Å²) in [4.78, 5) is 47.2. The van der Waals surface area contributed by atoms with Crippen LogP contribution in [0.3, 0.4) is 0 Å². The second-order valence-electron chi connectivity index (χ2n) is 6.95. The fraction of sp³-hybridized carbons (Fsp3) is 0.500. The molecule has 9 nitrogen and oxygen atoms in total. The number of hydrogen-bond donors (Lipinski definition) is 0. The smallest absolute Gasteiger partial charge is 0.338 e. The minimum absolute atomic E-state index is 0.352. The van der Waals surface area contributed by atoms with Crippen molar-refractivity contribution < 1.29 is 42.9 Å². The first-order valence-corrected chi connectivity index (χ1v) is 9.18. The van der Waals surface area contributed by atoms with Crippen LogP contribution in [-0.2, 0) is 38.1 Å². The van der Waals surface area contributed by atoms with E-state index in [1.165, 1.54) is 20.8 Å². The van der Waals surface area contributed by atoms with Crippen LogP contribution in [-0.4, -0.2) is 54.1 Å². The average molecular weight is 406 g/mol. The van der Waals surface area contributed by atoms with Gasteiger partial charge >= 0.3 is 23.9 Å². The van der Waals surface area contributed by atoms with Crippen molar-refractivity contribution in [3.05, 3.63) is 35.9 Å². The first-order valence-electron chi connectivity index (χ1n) is 9.18. The minimum atomic E-state index is -1.29. The van der Waals surface area contributed by atoms with Gasteiger partial charge in [0.15, 0.2) is 11.7 Å². The lowest BCUT2D eigenvalue weighted by Gasteiger charge is -2.47. The molecule has 0 bridgehead atoms. The van der Waals surface area contributed by atoms with Crippen molar-refractivity contribution in [2.24, 2.45) is 0 Å². The molecule has 2 fully saturated rings. The molecule has 9 heteroatoms. The first-order chi connectivity index (χ1) is 13.7. The number of hydrogen-bond acceptors (Lipinski definition) is 9. The van der Waals surface area contributed by atoms with Crippen molar-refractivity contribution in [3.8, 4) is 0 Å². The highest BCUT2D eigenvalue weighted by molar-refractivity contribution is 5.89. The Labute approximate surface area is 167 Å². The standard InChI is InChI=1S/C20H22O9/c1-11(21)25-16-17(26-12(2)22)20(29-19(16)27-13(3)23)10-9-15(20)28-18(24)14-7-5-4-6-8-14/h4-8,15-17,19H,9-10H2,1-3H3/t15-,16?,17+,19?,20-/m0/s1. The molecular weight excluding hydrogens is 384 g/mol. The predicted molar refractivity (Wildman–Crippen MR) is 95.4 cm³/mol. The summed E-state index contributed by atoms with van der Waals surface area (Å²) in [5.41, 5.74) is -0.930. The van der Waals surface area contributed by atoms with E-state index in [1.54, 1.807) is 30.3 Å². The van der Waals surface area contributed by atoms with E-state index in [-0.39, 0.29) is 0 Å². The van der Waals surface area contributed by atoms with Crippen molar-refractivity contribution in [2.45, 2.75) is 63.8 Å². The molecule has 1 aliphatic carbocycles. The van der Waals surface area contributed by atoms with E-state index in [9.17, 15) is 19.2 Å². The Morgan fingerprint density at radius 1 is 0.897 bits per heavy atom. The van der Waals surface area contributed by atoms with E-state index in [0.717, 1.165) is 0 Å². The topological polar surface area (TPSA) is 114 Å². The van der Waals surface area contributed by atoms with Crippen molar-refractivity contribution in [1.29, 1.82) is 0 Å². The van der Waals surface area contributed by atoms with Gasteiger partial charge in [-0.25, -0.2) is 4.79 Å². The van der Waals surface area contributed by atoms with Gasteiger partial charge in [0.2, 0.25) is 12.4 Å². The molecule has 2 aliphatic rings. The molecule has 1 aromatic carbocycles. The maximum atomic E-state index is 12.5. The third-order valence-electron chi connectivity index (χ3n) is 4.86. The van der Waals surface area contributed by atoms with Gasteiger partial charge in [-0.3, -0.25) is 14.4 Å². The normalized spacial score (nSPS) is 30.2. The monoisotopic (exact) mass is 406 g/mol. The third-order valence-corrected chi connectivity index (χ3v) is 4.86. The van der Waals surface area contributed by atoms with Crippen LogP contribution in [0.4, 0.5) is 0 Å². The van der Waals surface area contributed by atoms with Crippen LogP contribution in [0.25, 0.3) is 0 Å². The Balaban J connectivity index is 1.87. The van der Waals surface area contributed by atoms with Crippen LogP contribution in [0.5, 0.6) is 0 Å². The summed E-state index contributed by atoms with van der Waals surface area (Å²) >= 11 is 0. The van der Waals surface area contributed by atoms with Gasteiger partial charge in [0, 0.05) is 20.8 Å². The van der Waals surface area contributed by atoms with Gasteiger partial charge in [0.1, 0.15) is 6.10 Å². The van der Waals surface area contributed by atoms with E-state index in [2.05, 4.69) is 0 Å². The molecule has 0 radical (unpaired) electrons. The van der Waals surface area contributed by atoms with E-state index < -0.39 is 54.1 Å². The highest BCUT2D eigenvalue weighted by atomic mass is 16.8. The minimum Gasteiger partial charge on any atom is -0.456 e. The van der Waals surface area contributed by atoms with Crippen molar-refractivity contribution >= 4 is 23.9 Å². The molecule has 1 saturated carbocycles. The highest BCUT2D eigenvalue weighted by Gasteiger charge is 2.69. The van der Waals surface area contributed by atoms with Gasteiger partial charge in [-0.1, -0.05) is 18.2 Å². The van der Waals surface area contributed by atoms with Gasteiger partial charge in [0.25, 0.3) is 0 Å². The highest BCUT2D eigenvalue weighted by Crippen LogP contribution is 2.50. The van der Waals surface area contributed by atoms with Crippen molar-refractivity contribution in [1.82, 2.24) is 0 Å². The molecule has 1 heterocycles. The summed E-state index contributed by atoms with van der Waals surface area (Å²) in [6, 6.07) is 8.39. The number of carbonyl (C=O) groups excluding carboxylic acids is 4. The zero-order chi connectivity index (χ0) is 21.2. The lowest BCUT2D eigenvalue weighted by Crippen LogP contribution is -2.62. The molecule has 5 atom stereocenters. The molecule has 1 aromatic rings. The second-order valence-corrected chi connectivity index (χ2v) is 6.95. The van der Waals surface area contributed by atoms with Gasteiger partial charge in [-0.2, -0.15) is 0 Å². The zero-order valence-electron chi connectivity index (χ0n) is 16.3. The van der Waals surface area contributed by atoms with Crippen LogP contribution in [0.2, 0.25) is 0 Å². The van der Waals surface area contributed by atoms with Crippen LogP contribution in [0.15, 0.2) is 30.3 Å². The van der Waals surface area contributed by atoms with Gasteiger partial charge in [-0.15, -0.1) is 0 Å². The Hall–Kier alpha value is -2.94. The summed E-state index contributed by atoms with van der Waals surface area (Å²) in [5, 5.41) is 0. The van der Waals surface area contributed by atoms with E-state index in [0.29, 0.717) is 18.4 Å². The molecule has 29 heavy (non-hydrogen) atoms. The molecular formula is C20H22O9. The van der Waals surface area contributed by atoms with Crippen LogP contribution in [0, 0.1) is 0 Å². The number of rotatable bonds is 5. The Bertz CT molecular complexity index is 805. The third kappa shape index (κ3) is 4.24. The Morgan fingerprint density at radius 3 is 2.03 bits per heavy atom. The molecule has 1 spiro atoms. The van der Waals surface area contributed by atoms with Crippen LogP contribution in [0.1, 0.15) is 44.0 Å². The Morgan fingerprint density at radius 2 is 1.52 bits per heavy atom. The molecule has 0 amide bonds. The van der Waals surface area contributed by atoms with E-state index in [4.69, 9.17) is 23.7 Å². The summed E-state index contributed by atoms with van der Waals surface area (Å²) in [6.07, 6.45) is -3.56. The van der Waals surface area contributed by atoms with E-state index in [1.807, 2.05) is 0 Å². The number of benzene rings is 1. The molecule has 0 N–H and O–H groups in total.